The molecule has 0 saturated carbocycles. The van der Waals surface area contributed by atoms with Gasteiger partial charge in [0.15, 0.2) is 11.5 Å². The van der Waals surface area contributed by atoms with Gasteiger partial charge in [0.1, 0.15) is 23.5 Å². The first-order valence-corrected chi connectivity index (χ1v) is 9.44. The molecule has 5 nitrogen and oxygen atoms in total. The summed E-state index contributed by atoms with van der Waals surface area (Å²) in [6.45, 7) is 2.40. The van der Waals surface area contributed by atoms with Gasteiger partial charge >= 0.3 is 0 Å². The predicted molar refractivity (Wildman–Crippen MR) is 98.3 cm³/mol. The van der Waals surface area contributed by atoms with Crippen molar-refractivity contribution in [1.29, 1.82) is 0 Å². The topological polar surface area (TPSA) is 52.3 Å². The summed E-state index contributed by atoms with van der Waals surface area (Å²) in [6.07, 6.45) is 6.58. The number of rotatable bonds is 3. The van der Waals surface area contributed by atoms with Crippen molar-refractivity contribution in [2.24, 2.45) is 0 Å². The van der Waals surface area contributed by atoms with Crippen LogP contribution in [-0.4, -0.2) is 19.6 Å². The van der Waals surface area contributed by atoms with Crippen LogP contribution in [0.3, 0.4) is 0 Å². The predicted octanol–water partition coefficient (Wildman–Crippen LogP) is 4.11. The van der Waals surface area contributed by atoms with E-state index < -0.39 is 0 Å². The average Bonchev–Trinajstić information content (AvgIpc) is 3.21. The minimum Gasteiger partial charge on any atom is -0.485 e. The number of aryl methyl sites for hydroxylation is 3. The second-order valence-electron chi connectivity index (χ2n) is 6.49. The van der Waals surface area contributed by atoms with Crippen LogP contribution in [0.1, 0.15) is 34.7 Å². The number of thiophene rings is 1. The normalized spacial score (nSPS) is 14.1. The molecule has 5 rings (SSSR count). The highest BCUT2D eigenvalue weighted by Gasteiger charge is 2.20. The monoisotopic (exact) mass is 350 g/mol. The van der Waals surface area contributed by atoms with Crippen molar-refractivity contribution in [2.75, 3.05) is 0 Å². The molecule has 0 bridgehead atoms. The zero-order chi connectivity index (χ0) is 16.8. The SMILES string of the molecule is Cc1ccccc1OCc1nc2c3c4c(sc3ncn2n1)CCCC4. The molecular weight excluding hydrogens is 332 g/mol. The van der Waals surface area contributed by atoms with Gasteiger partial charge in [-0.3, -0.25) is 0 Å². The van der Waals surface area contributed by atoms with Gasteiger partial charge in [0.2, 0.25) is 0 Å². The van der Waals surface area contributed by atoms with E-state index in [9.17, 15) is 0 Å². The standard InChI is InChI=1S/C19H18N4OS/c1-12-6-2-4-8-14(12)24-10-16-21-18-17-13-7-3-5-9-15(13)25-19(17)20-11-23(18)22-16/h2,4,6,8,11H,3,5,7,9-10H2,1H3. The molecule has 25 heavy (non-hydrogen) atoms. The lowest BCUT2D eigenvalue weighted by Gasteiger charge is -2.09. The van der Waals surface area contributed by atoms with Crippen LogP contribution in [0.5, 0.6) is 5.75 Å². The van der Waals surface area contributed by atoms with E-state index in [1.165, 1.54) is 35.1 Å². The van der Waals surface area contributed by atoms with E-state index in [0.717, 1.165) is 28.2 Å². The van der Waals surface area contributed by atoms with Gasteiger partial charge in [0.05, 0.1) is 5.39 Å². The highest BCUT2D eigenvalue weighted by Crippen LogP contribution is 2.36. The molecule has 1 aliphatic rings. The third-order valence-corrected chi connectivity index (χ3v) is 5.99. The molecule has 0 unspecified atom stereocenters. The molecule has 126 valence electrons. The Kier molecular flexibility index (Phi) is 3.45. The Labute approximate surface area is 149 Å². The summed E-state index contributed by atoms with van der Waals surface area (Å²) < 4.78 is 7.69. The Hall–Kier alpha value is -2.47. The Morgan fingerprint density at radius 1 is 1.20 bits per heavy atom. The quantitative estimate of drug-likeness (QED) is 0.558. The lowest BCUT2D eigenvalue weighted by molar-refractivity contribution is 0.294. The van der Waals surface area contributed by atoms with Crippen molar-refractivity contribution in [3.63, 3.8) is 0 Å². The van der Waals surface area contributed by atoms with E-state index in [1.54, 1.807) is 10.8 Å². The third-order valence-electron chi connectivity index (χ3n) is 4.79. The first-order valence-electron chi connectivity index (χ1n) is 8.62. The molecule has 6 heteroatoms. The summed E-state index contributed by atoms with van der Waals surface area (Å²) in [5, 5.41) is 5.75. The van der Waals surface area contributed by atoms with Crippen molar-refractivity contribution in [3.05, 3.63) is 52.4 Å². The largest absolute Gasteiger partial charge is 0.485 e. The summed E-state index contributed by atoms with van der Waals surface area (Å²) in [7, 11) is 0. The first kappa shape index (κ1) is 14.8. The van der Waals surface area contributed by atoms with Crippen LogP contribution >= 0.6 is 11.3 Å². The van der Waals surface area contributed by atoms with Gasteiger partial charge in [-0.05, 0) is 49.8 Å². The number of hydrogen-bond donors (Lipinski definition) is 0. The second kappa shape index (κ2) is 5.81. The highest BCUT2D eigenvalue weighted by atomic mass is 32.1. The van der Waals surface area contributed by atoms with Crippen molar-refractivity contribution < 1.29 is 4.74 Å². The summed E-state index contributed by atoms with van der Waals surface area (Å²) >= 11 is 1.81. The van der Waals surface area contributed by atoms with Crippen molar-refractivity contribution in [3.8, 4) is 5.75 Å². The zero-order valence-corrected chi connectivity index (χ0v) is 14.8. The van der Waals surface area contributed by atoms with E-state index >= 15 is 0 Å². The zero-order valence-electron chi connectivity index (χ0n) is 14.0. The van der Waals surface area contributed by atoms with E-state index in [4.69, 9.17) is 9.72 Å². The van der Waals surface area contributed by atoms with Crippen molar-refractivity contribution in [1.82, 2.24) is 19.6 Å². The Morgan fingerprint density at radius 2 is 2.08 bits per heavy atom. The fourth-order valence-corrected chi connectivity index (χ4v) is 4.74. The molecule has 3 heterocycles. The van der Waals surface area contributed by atoms with Crippen LogP contribution in [0.2, 0.25) is 0 Å². The molecule has 0 N–H and O–H groups in total. The molecule has 1 aliphatic carbocycles. The molecular formula is C19H18N4OS. The molecule has 0 fully saturated rings. The number of para-hydroxylation sites is 1. The summed E-state index contributed by atoms with van der Waals surface area (Å²) in [5.41, 5.74) is 3.46. The second-order valence-corrected chi connectivity index (χ2v) is 7.57. The minimum atomic E-state index is 0.361. The Morgan fingerprint density at radius 3 is 3.00 bits per heavy atom. The van der Waals surface area contributed by atoms with Gasteiger partial charge in [0, 0.05) is 4.88 Å². The lowest BCUT2D eigenvalue weighted by Crippen LogP contribution is -1.99. The Balaban J connectivity index is 1.54. The van der Waals surface area contributed by atoms with Gasteiger partial charge in [0.25, 0.3) is 0 Å². The summed E-state index contributed by atoms with van der Waals surface area (Å²) in [6, 6.07) is 8.00. The molecule has 3 aromatic heterocycles. The number of ether oxygens (including phenoxy) is 1. The van der Waals surface area contributed by atoms with Crippen molar-refractivity contribution in [2.45, 2.75) is 39.2 Å². The maximum Gasteiger partial charge on any atom is 0.189 e. The maximum atomic E-state index is 5.90. The summed E-state index contributed by atoms with van der Waals surface area (Å²) in [4.78, 5) is 11.9. The minimum absolute atomic E-state index is 0.361. The average molecular weight is 350 g/mol. The molecule has 0 radical (unpaired) electrons. The van der Waals surface area contributed by atoms with E-state index in [1.807, 2.05) is 42.5 Å². The fourth-order valence-electron chi connectivity index (χ4n) is 3.52. The van der Waals surface area contributed by atoms with Gasteiger partial charge in [-0.25, -0.2) is 14.5 Å². The molecule has 1 aromatic carbocycles. The van der Waals surface area contributed by atoms with Gasteiger partial charge in [-0.1, -0.05) is 18.2 Å². The number of nitrogens with zero attached hydrogens (tertiary/aromatic N) is 4. The van der Waals surface area contributed by atoms with Gasteiger partial charge in [-0.15, -0.1) is 16.4 Å². The van der Waals surface area contributed by atoms with Crippen LogP contribution in [-0.2, 0) is 19.4 Å². The molecule has 4 aromatic rings. The van der Waals surface area contributed by atoms with E-state index in [-0.39, 0.29) is 0 Å². The molecule has 0 aliphatic heterocycles. The fraction of sp³-hybridized carbons (Fsp3) is 0.316. The lowest BCUT2D eigenvalue weighted by atomic mass is 9.97. The number of fused-ring (bicyclic) bond motifs is 5. The van der Waals surface area contributed by atoms with Crippen molar-refractivity contribution >= 4 is 27.2 Å². The highest BCUT2D eigenvalue weighted by molar-refractivity contribution is 7.19. The maximum absolute atomic E-state index is 5.90. The molecule has 0 amide bonds. The van der Waals surface area contributed by atoms with E-state index in [2.05, 4.69) is 10.1 Å². The number of hydrogen-bond acceptors (Lipinski definition) is 5. The third kappa shape index (κ3) is 2.48. The first-order chi connectivity index (χ1) is 12.3. The van der Waals surface area contributed by atoms with E-state index in [0.29, 0.717) is 12.4 Å². The van der Waals surface area contributed by atoms with Gasteiger partial charge in [-0.2, -0.15) is 0 Å². The van der Waals surface area contributed by atoms with Crippen LogP contribution in [0.15, 0.2) is 30.6 Å². The summed E-state index contributed by atoms with van der Waals surface area (Å²) in [5.74, 6) is 1.56. The molecule has 0 atom stereocenters. The smallest absolute Gasteiger partial charge is 0.189 e. The van der Waals surface area contributed by atoms with Crippen LogP contribution in [0, 0.1) is 6.92 Å². The molecule has 0 saturated heterocycles. The Bertz CT molecular complexity index is 1080. The number of benzene rings is 1. The van der Waals surface area contributed by atoms with Crippen LogP contribution < -0.4 is 4.74 Å². The van der Waals surface area contributed by atoms with Crippen LogP contribution in [0.25, 0.3) is 15.9 Å². The number of aromatic nitrogens is 4. The molecule has 0 spiro atoms. The van der Waals surface area contributed by atoms with Crippen LogP contribution in [0.4, 0.5) is 0 Å². The van der Waals surface area contributed by atoms with Gasteiger partial charge < -0.3 is 4.74 Å².